The van der Waals surface area contributed by atoms with Crippen molar-refractivity contribution in [2.24, 2.45) is 0 Å². The van der Waals surface area contributed by atoms with E-state index in [0.717, 1.165) is 10.5 Å². The first kappa shape index (κ1) is 19.0. The molecule has 0 saturated carbocycles. The highest BCUT2D eigenvalue weighted by molar-refractivity contribution is 6.45. The molecule has 1 aromatic rings. The van der Waals surface area contributed by atoms with Crippen LogP contribution in [0, 0.1) is 24.0 Å². The molecule has 5 amide bonds. The van der Waals surface area contributed by atoms with E-state index in [4.69, 9.17) is 0 Å². The lowest BCUT2D eigenvalue weighted by Gasteiger charge is -2.15. The van der Waals surface area contributed by atoms with Crippen molar-refractivity contribution in [2.75, 3.05) is 18.4 Å². The van der Waals surface area contributed by atoms with Crippen LogP contribution in [0.1, 0.15) is 24.5 Å². The number of nitrogens with zero attached hydrogens (tertiary/aromatic N) is 3. The summed E-state index contributed by atoms with van der Waals surface area (Å²) >= 11 is 0. The van der Waals surface area contributed by atoms with Gasteiger partial charge >= 0.3 is 17.8 Å². The minimum absolute atomic E-state index is 0.0427. The second-order valence-corrected chi connectivity index (χ2v) is 5.89. The molecule has 1 N–H and O–H groups in total. The van der Waals surface area contributed by atoms with Crippen molar-refractivity contribution < 1.29 is 24.1 Å². The van der Waals surface area contributed by atoms with Gasteiger partial charge in [0.05, 0.1) is 4.92 Å². The Labute approximate surface area is 148 Å². The molecule has 0 unspecified atom stereocenters. The quantitative estimate of drug-likeness (QED) is 0.352. The average Bonchev–Trinajstić information content (AvgIpc) is 2.76. The number of benzene rings is 1. The van der Waals surface area contributed by atoms with Gasteiger partial charge in [-0.15, -0.1) is 0 Å². The predicted molar refractivity (Wildman–Crippen MR) is 90.3 cm³/mol. The van der Waals surface area contributed by atoms with Crippen molar-refractivity contribution in [2.45, 2.75) is 27.2 Å². The van der Waals surface area contributed by atoms with Gasteiger partial charge in [0, 0.05) is 12.6 Å². The number of carbonyl (C=O) groups excluding carboxylic acids is 4. The number of amides is 5. The van der Waals surface area contributed by atoms with Gasteiger partial charge in [0.25, 0.3) is 5.69 Å². The minimum atomic E-state index is -1.09. The normalized spacial score (nSPS) is 14.2. The monoisotopic (exact) mass is 362 g/mol. The fourth-order valence-corrected chi connectivity index (χ4v) is 2.50. The number of urea groups is 1. The summed E-state index contributed by atoms with van der Waals surface area (Å²) in [6.45, 7) is 4.53. The molecule has 10 heteroatoms. The molecule has 0 aromatic heterocycles. The first-order valence-electron chi connectivity index (χ1n) is 7.90. The highest BCUT2D eigenvalue weighted by Crippen LogP contribution is 2.28. The average molecular weight is 362 g/mol. The smallest absolute Gasteiger partial charge is 0.319 e. The van der Waals surface area contributed by atoms with Crippen LogP contribution in [-0.4, -0.2) is 51.6 Å². The number of aryl methyl sites for hydroxylation is 2. The number of nitro groups is 1. The van der Waals surface area contributed by atoms with E-state index in [-0.39, 0.29) is 17.9 Å². The van der Waals surface area contributed by atoms with E-state index < -0.39 is 35.2 Å². The maximum Gasteiger partial charge on any atom is 0.334 e. The lowest BCUT2D eigenvalue weighted by atomic mass is 10.1. The van der Waals surface area contributed by atoms with Crippen LogP contribution in [0.25, 0.3) is 0 Å². The number of anilines is 1. The molecule has 2 rings (SSSR count). The van der Waals surface area contributed by atoms with Gasteiger partial charge in [-0.05, 0) is 37.5 Å². The molecule has 138 valence electrons. The third-order valence-corrected chi connectivity index (χ3v) is 3.97. The van der Waals surface area contributed by atoms with Gasteiger partial charge in [0.15, 0.2) is 0 Å². The Balaban J connectivity index is 2.18. The van der Waals surface area contributed by atoms with E-state index >= 15 is 0 Å². The topological polar surface area (TPSA) is 130 Å². The standard InChI is InChI=1S/C16H18N4O6/c1-4-5-18-14(22)15(23)19(16(18)24)8-13(21)17-11-6-9(2)10(3)7-12(11)20(25)26/h6-7H,4-5,8H2,1-3H3,(H,17,21). The highest BCUT2D eigenvalue weighted by atomic mass is 16.6. The molecule has 1 heterocycles. The Hall–Kier alpha value is -3.30. The van der Waals surface area contributed by atoms with Crippen LogP contribution in [0.5, 0.6) is 0 Å². The second-order valence-electron chi connectivity index (χ2n) is 5.89. The Morgan fingerprint density at radius 2 is 1.69 bits per heavy atom. The molecule has 10 nitrogen and oxygen atoms in total. The van der Waals surface area contributed by atoms with Crippen LogP contribution >= 0.6 is 0 Å². The summed E-state index contributed by atoms with van der Waals surface area (Å²) < 4.78 is 0. The van der Waals surface area contributed by atoms with Gasteiger partial charge in [0.2, 0.25) is 5.91 Å². The van der Waals surface area contributed by atoms with Gasteiger partial charge in [-0.3, -0.25) is 29.4 Å². The number of hydrogen-bond donors (Lipinski definition) is 1. The Morgan fingerprint density at radius 1 is 1.12 bits per heavy atom. The van der Waals surface area contributed by atoms with Crippen LogP contribution in [0.15, 0.2) is 12.1 Å². The molecule has 0 bridgehead atoms. The highest BCUT2D eigenvalue weighted by Gasteiger charge is 2.44. The van der Waals surface area contributed by atoms with Gasteiger partial charge in [-0.2, -0.15) is 0 Å². The minimum Gasteiger partial charge on any atom is -0.319 e. The van der Waals surface area contributed by atoms with Crippen molar-refractivity contribution in [3.05, 3.63) is 33.4 Å². The summed E-state index contributed by atoms with van der Waals surface area (Å²) in [6.07, 6.45) is 0.472. The fraction of sp³-hybridized carbons (Fsp3) is 0.375. The van der Waals surface area contributed by atoms with Crippen molar-refractivity contribution in [1.82, 2.24) is 9.80 Å². The molecule has 0 atom stereocenters. The van der Waals surface area contributed by atoms with Crippen molar-refractivity contribution >= 4 is 35.1 Å². The van der Waals surface area contributed by atoms with Crippen LogP contribution in [0.4, 0.5) is 16.2 Å². The van der Waals surface area contributed by atoms with Gasteiger partial charge in [0.1, 0.15) is 12.2 Å². The summed E-state index contributed by atoms with van der Waals surface area (Å²) in [5.74, 6) is -2.89. The summed E-state index contributed by atoms with van der Waals surface area (Å²) in [7, 11) is 0. The van der Waals surface area contributed by atoms with Gasteiger partial charge in [-0.1, -0.05) is 6.92 Å². The molecular weight excluding hydrogens is 344 g/mol. The van der Waals surface area contributed by atoms with Crippen LogP contribution in [-0.2, 0) is 14.4 Å². The zero-order chi connectivity index (χ0) is 19.6. The number of nitro benzene ring substituents is 1. The lowest BCUT2D eigenvalue weighted by molar-refractivity contribution is -0.384. The number of carbonyl (C=O) groups is 4. The van der Waals surface area contributed by atoms with E-state index in [1.54, 1.807) is 20.8 Å². The van der Waals surface area contributed by atoms with Crippen LogP contribution in [0.3, 0.4) is 0 Å². The molecule has 0 aliphatic carbocycles. The zero-order valence-electron chi connectivity index (χ0n) is 14.6. The van der Waals surface area contributed by atoms with E-state index in [1.165, 1.54) is 12.1 Å². The lowest BCUT2D eigenvalue weighted by Crippen LogP contribution is -2.39. The number of rotatable bonds is 6. The Kier molecular flexibility index (Phi) is 5.34. The summed E-state index contributed by atoms with van der Waals surface area (Å²) in [5, 5.41) is 13.5. The van der Waals surface area contributed by atoms with E-state index in [0.29, 0.717) is 16.9 Å². The largest absolute Gasteiger partial charge is 0.334 e. The molecule has 1 fully saturated rings. The van der Waals surface area contributed by atoms with Crippen molar-refractivity contribution in [1.29, 1.82) is 0 Å². The van der Waals surface area contributed by atoms with Gasteiger partial charge in [-0.25, -0.2) is 9.69 Å². The number of nitrogens with one attached hydrogen (secondary N) is 1. The predicted octanol–water partition coefficient (Wildman–Crippen LogP) is 1.35. The summed E-state index contributed by atoms with van der Waals surface area (Å²) in [4.78, 5) is 59.8. The first-order chi connectivity index (χ1) is 12.2. The second kappa shape index (κ2) is 7.30. The molecular formula is C16H18N4O6. The molecule has 0 radical (unpaired) electrons. The van der Waals surface area contributed by atoms with E-state index in [9.17, 15) is 29.3 Å². The molecule has 1 aromatic carbocycles. The molecule has 1 saturated heterocycles. The van der Waals surface area contributed by atoms with E-state index in [1.807, 2.05) is 0 Å². The maximum atomic E-state index is 12.2. The van der Waals surface area contributed by atoms with Crippen molar-refractivity contribution in [3.8, 4) is 0 Å². The number of imide groups is 2. The third kappa shape index (κ3) is 3.53. The fourth-order valence-electron chi connectivity index (χ4n) is 2.50. The van der Waals surface area contributed by atoms with E-state index in [2.05, 4.69) is 5.32 Å². The first-order valence-corrected chi connectivity index (χ1v) is 7.90. The zero-order valence-corrected chi connectivity index (χ0v) is 14.6. The maximum absolute atomic E-state index is 12.2. The summed E-state index contributed by atoms with van der Waals surface area (Å²) in [5.41, 5.74) is 1.06. The summed E-state index contributed by atoms with van der Waals surface area (Å²) in [6, 6.07) is 1.89. The Morgan fingerprint density at radius 3 is 2.27 bits per heavy atom. The van der Waals surface area contributed by atoms with Gasteiger partial charge < -0.3 is 5.32 Å². The van der Waals surface area contributed by atoms with Crippen LogP contribution < -0.4 is 5.32 Å². The van der Waals surface area contributed by atoms with Crippen molar-refractivity contribution in [3.63, 3.8) is 0 Å². The Bertz CT molecular complexity index is 819. The van der Waals surface area contributed by atoms with Crippen LogP contribution in [0.2, 0.25) is 0 Å². The molecule has 0 spiro atoms. The molecule has 26 heavy (non-hydrogen) atoms. The number of hydrogen-bond acceptors (Lipinski definition) is 6. The SMILES string of the molecule is CCCN1C(=O)C(=O)N(CC(=O)Nc2cc(C)c(C)cc2[N+](=O)[O-])C1=O. The molecule has 1 aliphatic heterocycles. The molecule has 1 aliphatic rings. The third-order valence-electron chi connectivity index (χ3n) is 3.97.